The van der Waals surface area contributed by atoms with Gasteiger partial charge in [-0.05, 0) is 43.2 Å². The van der Waals surface area contributed by atoms with Crippen molar-refractivity contribution >= 4 is 23.4 Å². The normalized spacial score (nSPS) is 14.6. The molecule has 2 aromatic carbocycles. The number of nitrogens with zero attached hydrogens (tertiary/aromatic N) is 4. The molecule has 1 atom stereocenters. The van der Waals surface area contributed by atoms with Crippen LogP contribution in [0, 0.1) is 0 Å². The summed E-state index contributed by atoms with van der Waals surface area (Å²) in [5, 5.41) is 9.35. The fourth-order valence-corrected chi connectivity index (χ4v) is 4.56. The second kappa shape index (κ2) is 11.3. The van der Waals surface area contributed by atoms with E-state index in [1.54, 1.807) is 16.7 Å². The number of anilines is 1. The Balaban J connectivity index is 1.73. The minimum absolute atomic E-state index is 0.140. The maximum absolute atomic E-state index is 12.9. The number of rotatable bonds is 9. The fourth-order valence-electron chi connectivity index (χ4n) is 3.70. The molecule has 0 bridgehead atoms. The Kier molecular flexibility index (Phi) is 8.00. The Morgan fingerprint density at radius 1 is 1.06 bits per heavy atom. The van der Waals surface area contributed by atoms with E-state index in [1.807, 2.05) is 48.5 Å². The molecule has 0 fully saturated rings. The number of carbonyl (C=O) groups is 1. The molecule has 4 rings (SSSR count). The summed E-state index contributed by atoms with van der Waals surface area (Å²) in [4.78, 5) is 19.2. The summed E-state index contributed by atoms with van der Waals surface area (Å²) >= 11 is 1.56. The van der Waals surface area contributed by atoms with Gasteiger partial charge in [-0.15, -0.1) is 10.2 Å². The van der Waals surface area contributed by atoms with E-state index in [1.165, 1.54) is 6.92 Å². The molecule has 2 heterocycles. The van der Waals surface area contributed by atoms with Crippen LogP contribution in [0.15, 0.2) is 53.7 Å². The zero-order chi connectivity index (χ0) is 23.9. The van der Waals surface area contributed by atoms with Crippen LogP contribution >= 0.6 is 11.8 Å². The van der Waals surface area contributed by atoms with E-state index in [-0.39, 0.29) is 5.91 Å². The number of fused-ring (bicyclic) bond motifs is 3. The molecule has 178 valence electrons. The summed E-state index contributed by atoms with van der Waals surface area (Å²) in [6.45, 7) is 6.50. The second-order valence-corrected chi connectivity index (χ2v) is 9.16. The predicted octanol–water partition coefficient (Wildman–Crippen LogP) is 6.05. The van der Waals surface area contributed by atoms with Crippen molar-refractivity contribution in [3.05, 3.63) is 54.1 Å². The van der Waals surface area contributed by atoms with Gasteiger partial charge >= 0.3 is 0 Å². The molecular formula is C26H30N4O3S. The molecule has 1 amide bonds. The first-order chi connectivity index (χ1) is 16.6. The highest BCUT2D eigenvalue weighted by Crippen LogP contribution is 2.43. The average molecular weight is 479 g/mol. The highest BCUT2D eigenvalue weighted by atomic mass is 32.2. The molecule has 1 unspecified atom stereocenters. The Labute approximate surface area is 204 Å². The van der Waals surface area contributed by atoms with Gasteiger partial charge in [0.1, 0.15) is 5.75 Å². The lowest BCUT2D eigenvalue weighted by Gasteiger charge is -2.30. The highest BCUT2D eigenvalue weighted by molar-refractivity contribution is 7.99. The summed E-state index contributed by atoms with van der Waals surface area (Å²) in [6, 6.07) is 15.3. The molecule has 0 radical (unpaired) electrons. The van der Waals surface area contributed by atoms with Gasteiger partial charge in [-0.3, -0.25) is 9.69 Å². The summed E-state index contributed by atoms with van der Waals surface area (Å²) in [7, 11) is 0. The van der Waals surface area contributed by atoms with Gasteiger partial charge in [0.15, 0.2) is 5.69 Å². The lowest BCUT2D eigenvalue weighted by atomic mass is 10.1. The molecular weight excluding hydrogens is 448 g/mol. The SMILES string of the molecule is CCCCOc1ccc(C2Oc3nc(SCCCC)nnc3-c3ccccc3N2C(C)=O)cc1. The molecule has 8 heteroatoms. The maximum atomic E-state index is 12.9. The van der Waals surface area contributed by atoms with Crippen molar-refractivity contribution in [3.8, 4) is 22.9 Å². The van der Waals surface area contributed by atoms with Crippen LogP contribution in [0.5, 0.6) is 11.6 Å². The first-order valence-electron chi connectivity index (χ1n) is 11.8. The summed E-state index contributed by atoms with van der Waals surface area (Å²) < 4.78 is 12.2. The molecule has 3 aromatic rings. The number of amides is 1. The van der Waals surface area contributed by atoms with Crippen molar-refractivity contribution in [1.29, 1.82) is 0 Å². The molecule has 0 spiro atoms. The number of benzene rings is 2. The van der Waals surface area contributed by atoms with Gasteiger partial charge in [0.25, 0.3) is 0 Å². The molecule has 0 aliphatic carbocycles. The molecule has 1 aliphatic rings. The lowest BCUT2D eigenvalue weighted by molar-refractivity contribution is -0.118. The third kappa shape index (κ3) is 5.33. The van der Waals surface area contributed by atoms with Crippen LogP contribution in [-0.4, -0.2) is 33.4 Å². The van der Waals surface area contributed by atoms with Crippen LogP contribution in [0.25, 0.3) is 11.3 Å². The van der Waals surface area contributed by atoms with Crippen molar-refractivity contribution in [3.63, 3.8) is 0 Å². The van der Waals surface area contributed by atoms with E-state index in [0.717, 1.165) is 48.3 Å². The van der Waals surface area contributed by atoms with Gasteiger partial charge in [0, 0.05) is 23.8 Å². The number of unbranched alkanes of at least 4 members (excludes halogenated alkanes) is 2. The fraction of sp³-hybridized carbons (Fsp3) is 0.385. The van der Waals surface area contributed by atoms with Crippen LogP contribution in [0.2, 0.25) is 0 Å². The number of hydrogen-bond donors (Lipinski definition) is 0. The van der Waals surface area contributed by atoms with Gasteiger partial charge < -0.3 is 9.47 Å². The van der Waals surface area contributed by atoms with Gasteiger partial charge in [-0.2, -0.15) is 4.98 Å². The molecule has 34 heavy (non-hydrogen) atoms. The number of hydrogen-bond acceptors (Lipinski definition) is 7. The molecule has 1 aromatic heterocycles. The molecule has 7 nitrogen and oxygen atoms in total. The quantitative estimate of drug-likeness (QED) is 0.273. The van der Waals surface area contributed by atoms with Gasteiger partial charge in [0.05, 0.1) is 12.3 Å². The standard InChI is InChI=1S/C26H30N4O3S/c1-4-6-16-32-20-14-12-19(13-15-20)25-30(18(3)31)22-11-9-8-10-21(22)23-24(33-25)27-26(29-28-23)34-17-7-5-2/h8-15,25H,4-7,16-17H2,1-3H3. The number of para-hydroxylation sites is 1. The Hall–Kier alpha value is -3.13. The summed E-state index contributed by atoms with van der Waals surface area (Å²) in [6.07, 6.45) is 3.56. The monoisotopic (exact) mass is 478 g/mol. The van der Waals surface area contributed by atoms with Crippen LogP contribution in [0.4, 0.5) is 5.69 Å². The van der Waals surface area contributed by atoms with Crippen LogP contribution < -0.4 is 14.4 Å². The third-order valence-corrected chi connectivity index (χ3v) is 6.44. The van der Waals surface area contributed by atoms with Crippen molar-refractivity contribution in [1.82, 2.24) is 15.2 Å². The topological polar surface area (TPSA) is 77.4 Å². The van der Waals surface area contributed by atoms with Crippen LogP contribution in [-0.2, 0) is 4.79 Å². The minimum atomic E-state index is -0.699. The zero-order valence-electron chi connectivity index (χ0n) is 19.9. The molecule has 0 saturated heterocycles. The van der Waals surface area contributed by atoms with Crippen molar-refractivity contribution in [2.24, 2.45) is 0 Å². The minimum Gasteiger partial charge on any atom is -0.494 e. The van der Waals surface area contributed by atoms with Crippen LogP contribution in [0.1, 0.15) is 58.2 Å². The maximum Gasteiger partial charge on any atom is 0.247 e. The summed E-state index contributed by atoms with van der Waals surface area (Å²) in [5.74, 6) is 1.94. The van der Waals surface area contributed by atoms with E-state index in [2.05, 4.69) is 29.0 Å². The van der Waals surface area contributed by atoms with E-state index >= 15 is 0 Å². The van der Waals surface area contributed by atoms with Gasteiger partial charge in [-0.1, -0.05) is 56.7 Å². The average Bonchev–Trinajstić information content (AvgIpc) is 2.99. The number of ether oxygens (including phenoxy) is 2. The van der Waals surface area contributed by atoms with Gasteiger partial charge in [-0.25, -0.2) is 0 Å². The van der Waals surface area contributed by atoms with Crippen molar-refractivity contribution in [2.75, 3.05) is 17.3 Å². The Morgan fingerprint density at radius 3 is 2.56 bits per heavy atom. The van der Waals surface area contributed by atoms with E-state index in [9.17, 15) is 4.79 Å². The lowest BCUT2D eigenvalue weighted by Crippen LogP contribution is -2.36. The zero-order valence-corrected chi connectivity index (χ0v) is 20.7. The predicted molar refractivity (Wildman–Crippen MR) is 134 cm³/mol. The van der Waals surface area contributed by atoms with E-state index in [0.29, 0.717) is 29.0 Å². The largest absolute Gasteiger partial charge is 0.494 e. The third-order valence-electron chi connectivity index (χ3n) is 5.51. The first kappa shape index (κ1) is 24.0. The number of carbonyl (C=O) groups excluding carboxylic acids is 1. The first-order valence-corrected chi connectivity index (χ1v) is 12.8. The summed E-state index contributed by atoms with van der Waals surface area (Å²) in [5.41, 5.74) is 2.83. The Morgan fingerprint density at radius 2 is 1.82 bits per heavy atom. The van der Waals surface area contributed by atoms with Crippen LogP contribution in [0.3, 0.4) is 0 Å². The highest BCUT2D eigenvalue weighted by Gasteiger charge is 2.34. The van der Waals surface area contributed by atoms with E-state index in [4.69, 9.17) is 9.47 Å². The van der Waals surface area contributed by atoms with Crippen molar-refractivity contribution in [2.45, 2.75) is 57.8 Å². The molecule has 1 aliphatic heterocycles. The number of aromatic nitrogens is 3. The molecule has 0 N–H and O–H groups in total. The molecule has 0 saturated carbocycles. The smallest absolute Gasteiger partial charge is 0.247 e. The second-order valence-electron chi connectivity index (χ2n) is 8.10. The van der Waals surface area contributed by atoms with Gasteiger partial charge in [0.2, 0.25) is 23.2 Å². The Bertz CT molecular complexity index is 1120. The van der Waals surface area contributed by atoms with Crippen molar-refractivity contribution < 1.29 is 14.3 Å². The number of thioether (sulfide) groups is 1. The van der Waals surface area contributed by atoms with E-state index < -0.39 is 6.23 Å².